The fourth-order valence-electron chi connectivity index (χ4n) is 3.35. The van der Waals surface area contributed by atoms with Crippen LogP contribution in [-0.4, -0.2) is 44.7 Å². The third-order valence-corrected chi connectivity index (χ3v) is 5.72. The van der Waals surface area contributed by atoms with E-state index in [0.717, 1.165) is 18.8 Å². The molecule has 1 amide bonds. The van der Waals surface area contributed by atoms with E-state index in [9.17, 15) is 4.79 Å². The Morgan fingerprint density at radius 1 is 1.14 bits per heavy atom. The fraction of sp³-hybridized carbons (Fsp3) is 0.381. The Bertz CT molecular complexity index is 805. The van der Waals surface area contributed by atoms with Crippen LogP contribution in [0.25, 0.3) is 0 Å². The molecule has 150 valence electrons. The number of quaternary nitrogens is 1. The van der Waals surface area contributed by atoms with Gasteiger partial charge < -0.3 is 20.4 Å². The van der Waals surface area contributed by atoms with E-state index in [0.29, 0.717) is 15.7 Å². The predicted molar refractivity (Wildman–Crippen MR) is 118 cm³/mol. The van der Waals surface area contributed by atoms with Gasteiger partial charge in [0.2, 0.25) is 5.91 Å². The van der Waals surface area contributed by atoms with Crippen molar-refractivity contribution >= 4 is 46.2 Å². The molecule has 0 radical (unpaired) electrons. The van der Waals surface area contributed by atoms with Gasteiger partial charge in [-0.2, -0.15) is 0 Å². The highest BCUT2D eigenvalue weighted by Crippen LogP contribution is 2.25. The van der Waals surface area contributed by atoms with E-state index in [-0.39, 0.29) is 5.91 Å². The summed E-state index contributed by atoms with van der Waals surface area (Å²) in [5.74, 6) is -0.160. The molecule has 1 aliphatic heterocycles. The molecule has 3 rings (SSSR count). The summed E-state index contributed by atoms with van der Waals surface area (Å²) in [5.41, 5.74) is 2.69. The zero-order valence-electron chi connectivity index (χ0n) is 16.3. The molecule has 0 unspecified atom stereocenters. The lowest BCUT2D eigenvalue weighted by Gasteiger charge is -2.33. The van der Waals surface area contributed by atoms with Gasteiger partial charge in [0.15, 0.2) is 0 Å². The number of rotatable bonds is 6. The molecule has 1 saturated heterocycles. The largest absolute Gasteiger partial charge is 0.374 e. The molecule has 0 aromatic heterocycles. The summed E-state index contributed by atoms with van der Waals surface area (Å²) in [7, 11) is 0. The van der Waals surface area contributed by atoms with Gasteiger partial charge in [0, 0.05) is 16.4 Å². The second-order valence-corrected chi connectivity index (χ2v) is 7.96. The van der Waals surface area contributed by atoms with Crippen LogP contribution in [0, 0.1) is 0 Å². The van der Waals surface area contributed by atoms with Crippen LogP contribution in [0.4, 0.5) is 17.1 Å². The third kappa shape index (κ3) is 5.31. The first kappa shape index (κ1) is 20.8. The number of hydrogen-bond donors (Lipinski definition) is 3. The standard InChI is InChI=1S/C21H26Cl2N4O/c1-3-26-10-12-27(13-11-26)18-7-5-17(6-8-18)24-15(2)21(28)25-20-9-4-16(22)14-19(20)23/h4-9,14-15,24H,3,10-13H2,1-2H3,(H,25,28)/p+1/t15-/m0/s1. The first-order valence-electron chi connectivity index (χ1n) is 9.67. The van der Waals surface area contributed by atoms with Crippen LogP contribution < -0.4 is 20.4 Å². The SMILES string of the molecule is CC[NH+]1CCN(c2ccc(N[C@@H](C)C(=O)Nc3ccc(Cl)cc3Cl)cc2)CC1. The van der Waals surface area contributed by atoms with Crippen LogP contribution in [0.1, 0.15) is 13.8 Å². The quantitative estimate of drug-likeness (QED) is 0.671. The van der Waals surface area contributed by atoms with E-state index >= 15 is 0 Å². The van der Waals surface area contributed by atoms with Gasteiger partial charge in [0.1, 0.15) is 6.04 Å². The van der Waals surface area contributed by atoms with E-state index in [1.165, 1.54) is 25.3 Å². The molecule has 7 heteroatoms. The van der Waals surface area contributed by atoms with Crippen LogP contribution in [0.5, 0.6) is 0 Å². The molecule has 2 aromatic rings. The van der Waals surface area contributed by atoms with Crippen molar-refractivity contribution in [3.8, 4) is 0 Å². The highest BCUT2D eigenvalue weighted by atomic mass is 35.5. The lowest BCUT2D eigenvalue weighted by atomic mass is 10.2. The summed E-state index contributed by atoms with van der Waals surface area (Å²) in [6.45, 7) is 9.77. The number of nitrogens with zero attached hydrogens (tertiary/aromatic N) is 1. The highest BCUT2D eigenvalue weighted by Gasteiger charge is 2.19. The molecule has 1 heterocycles. The maximum absolute atomic E-state index is 12.5. The lowest BCUT2D eigenvalue weighted by molar-refractivity contribution is -0.898. The van der Waals surface area contributed by atoms with Gasteiger partial charge in [-0.15, -0.1) is 0 Å². The second kappa shape index (κ2) is 9.50. The zero-order chi connectivity index (χ0) is 20.1. The molecule has 1 fully saturated rings. The first-order valence-corrected chi connectivity index (χ1v) is 10.4. The topological polar surface area (TPSA) is 48.8 Å². The van der Waals surface area contributed by atoms with Crippen molar-refractivity contribution in [3.63, 3.8) is 0 Å². The summed E-state index contributed by atoms with van der Waals surface area (Å²) >= 11 is 12.0. The number of likely N-dealkylation sites (N-methyl/N-ethyl adjacent to an activating group) is 1. The van der Waals surface area contributed by atoms with Crippen LogP contribution in [-0.2, 0) is 4.79 Å². The van der Waals surface area contributed by atoms with Gasteiger partial charge in [-0.05, 0) is 56.3 Å². The van der Waals surface area contributed by atoms with Crippen LogP contribution in [0.15, 0.2) is 42.5 Å². The maximum Gasteiger partial charge on any atom is 0.246 e. The molecule has 1 aliphatic rings. The average Bonchev–Trinajstić information content (AvgIpc) is 2.70. The van der Waals surface area contributed by atoms with E-state index in [1.807, 2.05) is 19.1 Å². The van der Waals surface area contributed by atoms with Crippen molar-refractivity contribution in [2.75, 3.05) is 48.3 Å². The van der Waals surface area contributed by atoms with Crippen molar-refractivity contribution < 1.29 is 9.69 Å². The predicted octanol–water partition coefficient (Wildman–Crippen LogP) is 3.16. The monoisotopic (exact) mass is 421 g/mol. The molecule has 0 saturated carbocycles. The fourth-order valence-corrected chi connectivity index (χ4v) is 3.81. The molecule has 3 N–H and O–H groups in total. The average molecular weight is 422 g/mol. The van der Waals surface area contributed by atoms with Crippen molar-refractivity contribution in [1.82, 2.24) is 0 Å². The Hall–Kier alpha value is -1.95. The number of piperazine rings is 1. The maximum atomic E-state index is 12.5. The lowest BCUT2D eigenvalue weighted by Crippen LogP contribution is -3.14. The van der Waals surface area contributed by atoms with Crippen molar-refractivity contribution in [1.29, 1.82) is 0 Å². The minimum atomic E-state index is -0.408. The molecule has 1 atom stereocenters. The van der Waals surface area contributed by atoms with Crippen molar-refractivity contribution in [2.45, 2.75) is 19.9 Å². The normalized spacial score (nSPS) is 15.9. The highest BCUT2D eigenvalue weighted by molar-refractivity contribution is 6.36. The molecule has 2 aromatic carbocycles. The minimum absolute atomic E-state index is 0.160. The Morgan fingerprint density at radius 3 is 2.43 bits per heavy atom. The van der Waals surface area contributed by atoms with Crippen LogP contribution in [0.3, 0.4) is 0 Å². The minimum Gasteiger partial charge on any atom is -0.374 e. The number of amides is 1. The van der Waals surface area contributed by atoms with E-state index in [4.69, 9.17) is 23.2 Å². The second-order valence-electron chi connectivity index (χ2n) is 7.12. The number of carbonyl (C=O) groups is 1. The number of anilines is 3. The molecule has 0 aliphatic carbocycles. The molecule has 0 bridgehead atoms. The molecular formula is C21H27Cl2N4O+. The smallest absolute Gasteiger partial charge is 0.246 e. The Kier molecular flexibility index (Phi) is 7.05. The number of nitrogens with one attached hydrogen (secondary N) is 3. The van der Waals surface area contributed by atoms with Crippen molar-refractivity contribution in [2.24, 2.45) is 0 Å². The summed E-state index contributed by atoms with van der Waals surface area (Å²) in [6.07, 6.45) is 0. The first-order chi connectivity index (χ1) is 13.5. The van der Waals surface area contributed by atoms with E-state index in [2.05, 4.69) is 34.6 Å². The van der Waals surface area contributed by atoms with Gasteiger partial charge >= 0.3 is 0 Å². The molecule has 0 spiro atoms. The molecule has 5 nitrogen and oxygen atoms in total. The summed E-state index contributed by atoms with van der Waals surface area (Å²) in [5, 5.41) is 7.02. The van der Waals surface area contributed by atoms with Crippen LogP contribution >= 0.6 is 23.2 Å². The third-order valence-electron chi connectivity index (χ3n) is 5.17. The van der Waals surface area contributed by atoms with Gasteiger partial charge in [-0.1, -0.05) is 23.2 Å². The summed E-state index contributed by atoms with van der Waals surface area (Å²) in [6, 6.07) is 12.9. The number of halogens is 2. The van der Waals surface area contributed by atoms with Gasteiger partial charge in [0.25, 0.3) is 0 Å². The number of hydrogen-bond acceptors (Lipinski definition) is 3. The van der Waals surface area contributed by atoms with Gasteiger partial charge in [-0.25, -0.2) is 0 Å². The summed E-state index contributed by atoms with van der Waals surface area (Å²) < 4.78 is 0. The zero-order valence-corrected chi connectivity index (χ0v) is 17.8. The van der Waals surface area contributed by atoms with Crippen LogP contribution in [0.2, 0.25) is 10.0 Å². The molecule has 28 heavy (non-hydrogen) atoms. The summed E-state index contributed by atoms with van der Waals surface area (Å²) in [4.78, 5) is 16.5. The van der Waals surface area contributed by atoms with E-state index in [1.54, 1.807) is 23.1 Å². The van der Waals surface area contributed by atoms with Crippen molar-refractivity contribution in [3.05, 3.63) is 52.5 Å². The molecular weight excluding hydrogens is 395 g/mol. The van der Waals surface area contributed by atoms with Gasteiger partial charge in [-0.3, -0.25) is 4.79 Å². The Labute approximate surface area is 176 Å². The van der Waals surface area contributed by atoms with E-state index < -0.39 is 6.04 Å². The van der Waals surface area contributed by atoms with Gasteiger partial charge in [0.05, 0.1) is 43.4 Å². The Morgan fingerprint density at radius 2 is 1.82 bits per heavy atom. The number of carbonyl (C=O) groups excluding carboxylic acids is 1. The number of benzene rings is 2. The Balaban J connectivity index is 1.55.